The summed E-state index contributed by atoms with van der Waals surface area (Å²) < 4.78 is 5.58. The molecule has 2 unspecified atom stereocenters. The summed E-state index contributed by atoms with van der Waals surface area (Å²) in [5, 5.41) is 18.1. The number of carboxylic acid groups (broad SMARTS) is 1. The molecule has 5 heteroatoms. The second kappa shape index (κ2) is 10.0. The minimum absolute atomic E-state index is 0.0292. The van der Waals surface area contributed by atoms with E-state index in [1.165, 1.54) is 24.3 Å². The molecule has 1 rings (SSSR count). The van der Waals surface area contributed by atoms with Crippen LogP contribution in [-0.2, 0) is 4.74 Å². The van der Waals surface area contributed by atoms with Gasteiger partial charge >= 0.3 is 11.9 Å². The lowest BCUT2D eigenvalue weighted by Gasteiger charge is -2.26. The van der Waals surface area contributed by atoms with Crippen LogP contribution < -0.4 is 0 Å². The predicted octanol–water partition coefficient (Wildman–Crippen LogP) is 3.51. The largest absolute Gasteiger partial charge is 0.478 e. The molecule has 0 aromatic heterocycles. The Morgan fingerprint density at radius 1 is 1.09 bits per heavy atom. The first-order valence-electron chi connectivity index (χ1n) is 8.18. The van der Waals surface area contributed by atoms with Crippen LogP contribution in [0.25, 0.3) is 0 Å². The van der Waals surface area contributed by atoms with Gasteiger partial charge in [-0.05, 0) is 43.0 Å². The Morgan fingerprint density at radius 3 is 2.17 bits per heavy atom. The predicted molar refractivity (Wildman–Crippen MR) is 87.6 cm³/mol. The molecule has 0 bridgehead atoms. The van der Waals surface area contributed by atoms with E-state index in [1.54, 1.807) is 0 Å². The third-order valence-corrected chi connectivity index (χ3v) is 4.02. The highest BCUT2D eigenvalue weighted by atomic mass is 16.5. The van der Waals surface area contributed by atoms with Crippen molar-refractivity contribution in [3.8, 4) is 0 Å². The van der Waals surface area contributed by atoms with E-state index < -0.39 is 11.9 Å². The number of aromatic carboxylic acids is 1. The zero-order chi connectivity index (χ0) is 17.2. The Morgan fingerprint density at radius 2 is 1.70 bits per heavy atom. The summed E-state index contributed by atoms with van der Waals surface area (Å²) >= 11 is 0. The average molecular weight is 322 g/mol. The molecule has 2 N–H and O–H groups in total. The number of benzene rings is 1. The van der Waals surface area contributed by atoms with Crippen LogP contribution in [0.5, 0.6) is 0 Å². The highest BCUT2D eigenvalue weighted by molar-refractivity contribution is 5.92. The van der Waals surface area contributed by atoms with Gasteiger partial charge in [0, 0.05) is 13.0 Å². The highest BCUT2D eigenvalue weighted by Gasteiger charge is 2.24. The number of aliphatic hydroxyl groups is 1. The first-order chi connectivity index (χ1) is 11.0. The fourth-order valence-corrected chi connectivity index (χ4v) is 2.59. The van der Waals surface area contributed by atoms with Crippen LogP contribution in [0.1, 0.15) is 66.7 Å². The molecule has 0 aliphatic carbocycles. The summed E-state index contributed by atoms with van der Waals surface area (Å²) in [5.41, 5.74) is 0.450. The molecule has 0 saturated carbocycles. The van der Waals surface area contributed by atoms with Crippen LogP contribution in [0.2, 0.25) is 0 Å². The van der Waals surface area contributed by atoms with Crippen molar-refractivity contribution in [3.63, 3.8) is 0 Å². The minimum Gasteiger partial charge on any atom is -0.478 e. The van der Waals surface area contributed by atoms with E-state index in [0.717, 1.165) is 25.7 Å². The Hall–Kier alpha value is -1.88. The molecule has 0 fully saturated rings. The lowest BCUT2D eigenvalue weighted by atomic mass is 9.91. The van der Waals surface area contributed by atoms with E-state index in [9.17, 15) is 14.7 Å². The maximum absolute atomic E-state index is 12.3. The van der Waals surface area contributed by atoms with Gasteiger partial charge in [-0.1, -0.05) is 26.7 Å². The van der Waals surface area contributed by atoms with Crippen LogP contribution in [0.4, 0.5) is 0 Å². The zero-order valence-corrected chi connectivity index (χ0v) is 13.8. The van der Waals surface area contributed by atoms with E-state index in [2.05, 4.69) is 13.8 Å². The lowest BCUT2D eigenvalue weighted by Crippen LogP contribution is -2.28. The van der Waals surface area contributed by atoms with E-state index in [4.69, 9.17) is 9.84 Å². The van der Waals surface area contributed by atoms with Gasteiger partial charge in [0.25, 0.3) is 0 Å². The highest BCUT2D eigenvalue weighted by Crippen LogP contribution is 2.23. The third kappa shape index (κ3) is 6.02. The van der Waals surface area contributed by atoms with Crippen LogP contribution >= 0.6 is 0 Å². The molecule has 0 saturated heterocycles. The second-order valence-electron chi connectivity index (χ2n) is 5.65. The van der Waals surface area contributed by atoms with Gasteiger partial charge in [0.2, 0.25) is 0 Å². The summed E-state index contributed by atoms with van der Waals surface area (Å²) in [5.74, 6) is -1.28. The van der Waals surface area contributed by atoms with Crippen molar-refractivity contribution in [2.24, 2.45) is 5.92 Å². The summed E-state index contributed by atoms with van der Waals surface area (Å²) in [6.45, 7) is 4.14. The van der Waals surface area contributed by atoms with Gasteiger partial charge < -0.3 is 14.9 Å². The van der Waals surface area contributed by atoms with Crippen molar-refractivity contribution in [2.45, 2.75) is 52.1 Å². The number of hydrogen-bond donors (Lipinski definition) is 2. The topological polar surface area (TPSA) is 83.8 Å². The Kier molecular flexibility index (Phi) is 8.33. The summed E-state index contributed by atoms with van der Waals surface area (Å²) in [4.78, 5) is 23.1. The van der Waals surface area contributed by atoms with Crippen LogP contribution in [0.15, 0.2) is 24.3 Å². The molecule has 23 heavy (non-hydrogen) atoms. The average Bonchev–Trinajstić information content (AvgIpc) is 2.55. The van der Waals surface area contributed by atoms with Crippen molar-refractivity contribution < 1.29 is 24.5 Å². The fraction of sp³-hybridized carbons (Fsp3) is 0.556. The monoisotopic (exact) mass is 322 g/mol. The second-order valence-corrected chi connectivity index (χ2v) is 5.65. The molecule has 0 radical (unpaired) electrons. The maximum atomic E-state index is 12.3. The number of esters is 1. The number of carboxylic acids is 1. The summed E-state index contributed by atoms with van der Waals surface area (Å²) in [6, 6.07) is 5.67. The quantitative estimate of drug-likeness (QED) is 0.644. The maximum Gasteiger partial charge on any atom is 0.338 e. The van der Waals surface area contributed by atoms with E-state index in [0.29, 0.717) is 12.0 Å². The van der Waals surface area contributed by atoms with Crippen LogP contribution in [0.3, 0.4) is 0 Å². The van der Waals surface area contributed by atoms with E-state index in [-0.39, 0.29) is 24.2 Å². The normalized spacial score (nSPS) is 13.3. The van der Waals surface area contributed by atoms with Crippen LogP contribution in [-0.4, -0.2) is 34.9 Å². The van der Waals surface area contributed by atoms with Crippen molar-refractivity contribution in [1.29, 1.82) is 0 Å². The molecule has 0 heterocycles. The third-order valence-electron chi connectivity index (χ3n) is 4.02. The van der Waals surface area contributed by atoms with E-state index >= 15 is 0 Å². The molecule has 0 amide bonds. The lowest BCUT2D eigenvalue weighted by molar-refractivity contribution is 0.00342. The molecule has 2 atom stereocenters. The van der Waals surface area contributed by atoms with Gasteiger partial charge in [0.15, 0.2) is 0 Å². The van der Waals surface area contributed by atoms with Gasteiger partial charge in [-0.3, -0.25) is 0 Å². The van der Waals surface area contributed by atoms with Crippen molar-refractivity contribution in [3.05, 3.63) is 35.4 Å². The van der Waals surface area contributed by atoms with Gasteiger partial charge in [-0.25, -0.2) is 9.59 Å². The van der Waals surface area contributed by atoms with Gasteiger partial charge in [-0.2, -0.15) is 0 Å². The van der Waals surface area contributed by atoms with Crippen molar-refractivity contribution >= 4 is 11.9 Å². The zero-order valence-electron chi connectivity index (χ0n) is 13.8. The SMILES string of the molecule is CCCCC(CC)C(CCO)OC(=O)c1ccc(C(=O)O)cc1. The Labute approximate surface area is 137 Å². The summed E-state index contributed by atoms with van der Waals surface area (Å²) in [6.07, 6.45) is 4.08. The molecule has 0 spiro atoms. The first kappa shape index (κ1) is 19.2. The molecule has 1 aromatic carbocycles. The van der Waals surface area contributed by atoms with E-state index in [1.807, 2.05) is 0 Å². The van der Waals surface area contributed by atoms with Crippen molar-refractivity contribution in [1.82, 2.24) is 0 Å². The molecular formula is C18H26O5. The smallest absolute Gasteiger partial charge is 0.338 e. The van der Waals surface area contributed by atoms with Gasteiger partial charge in [0.1, 0.15) is 6.10 Å². The number of carbonyl (C=O) groups is 2. The van der Waals surface area contributed by atoms with Gasteiger partial charge in [0.05, 0.1) is 11.1 Å². The molecular weight excluding hydrogens is 296 g/mol. The Bertz CT molecular complexity index is 495. The number of hydrogen-bond acceptors (Lipinski definition) is 4. The molecule has 1 aromatic rings. The summed E-state index contributed by atoms with van der Waals surface area (Å²) in [7, 11) is 0. The number of ether oxygens (including phenoxy) is 1. The number of carbonyl (C=O) groups excluding carboxylic acids is 1. The number of aliphatic hydroxyl groups excluding tert-OH is 1. The molecule has 0 aliphatic rings. The molecule has 128 valence electrons. The van der Waals surface area contributed by atoms with Gasteiger partial charge in [-0.15, -0.1) is 0 Å². The molecule has 0 aliphatic heterocycles. The fourth-order valence-electron chi connectivity index (χ4n) is 2.59. The number of rotatable bonds is 10. The molecule has 5 nitrogen and oxygen atoms in total. The first-order valence-corrected chi connectivity index (χ1v) is 8.18. The standard InChI is InChI=1S/C18H26O5/c1-3-5-6-13(4-2)16(11-12-19)23-18(22)15-9-7-14(8-10-15)17(20)21/h7-10,13,16,19H,3-6,11-12H2,1-2H3,(H,20,21). The Balaban J connectivity index is 2.77. The van der Waals surface area contributed by atoms with Crippen molar-refractivity contribution in [2.75, 3.05) is 6.61 Å². The van der Waals surface area contributed by atoms with Crippen LogP contribution in [0, 0.1) is 5.92 Å². The number of unbranched alkanes of at least 4 members (excludes halogenated alkanes) is 1. The minimum atomic E-state index is -1.03.